The molecule has 2 aromatic heterocycles. The van der Waals surface area contributed by atoms with Crippen LogP contribution in [0.2, 0.25) is 0 Å². The zero-order valence-electron chi connectivity index (χ0n) is 12.3. The van der Waals surface area contributed by atoms with Crippen LogP contribution < -0.4 is 5.32 Å². The molecule has 3 heteroatoms. The van der Waals surface area contributed by atoms with Gasteiger partial charge in [-0.05, 0) is 59.5 Å². The van der Waals surface area contributed by atoms with Crippen LogP contribution in [0, 0.1) is 0 Å². The van der Waals surface area contributed by atoms with E-state index in [9.17, 15) is 0 Å². The largest absolute Gasteiger partial charge is 0.310 e. The highest BCUT2D eigenvalue weighted by Crippen LogP contribution is 2.31. The number of rotatable bonds is 6. The molecule has 0 aliphatic carbocycles. The molecule has 1 atom stereocenters. The molecule has 0 spiro atoms. The number of nitrogens with one attached hydrogen (secondary N) is 1. The summed E-state index contributed by atoms with van der Waals surface area (Å²) in [6.07, 6.45) is 5.92. The Morgan fingerprint density at radius 3 is 2.81 bits per heavy atom. The van der Waals surface area contributed by atoms with E-state index in [1.165, 1.54) is 21.2 Å². The van der Waals surface area contributed by atoms with Gasteiger partial charge in [-0.3, -0.25) is 4.98 Å². The maximum atomic E-state index is 4.09. The van der Waals surface area contributed by atoms with E-state index in [2.05, 4.69) is 59.0 Å². The van der Waals surface area contributed by atoms with Crippen molar-refractivity contribution in [3.8, 4) is 0 Å². The lowest BCUT2D eigenvalue weighted by Gasteiger charge is -2.19. The first-order valence-electron chi connectivity index (χ1n) is 7.47. The zero-order chi connectivity index (χ0) is 14.5. The van der Waals surface area contributed by atoms with Crippen LogP contribution in [0.5, 0.6) is 0 Å². The van der Waals surface area contributed by atoms with E-state index in [4.69, 9.17) is 0 Å². The van der Waals surface area contributed by atoms with E-state index in [1.54, 1.807) is 0 Å². The molecular weight excluding hydrogens is 276 g/mol. The van der Waals surface area contributed by atoms with Crippen LogP contribution in [0.15, 0.2) is 54.2 Å². The van der Waals surface area contributed by atoms with Crippen molar-refractivity contribution in [1.82, 2.24) is 10.3 Å². The van der Waals surface area contributed by atoms with E-state index < -0.39 is 0 Å². The van der Waals surface area contributed by atoms with Gasteiger partial charge in [0.15, 0.2) is 0 Å². The van der Waals surface area contributed by atoms with Crippen LogP contribution in [-0.2, 0) is 6.42 Å². The standard InChI is InChI=1S/C18H20N2S/c1-2-20-17(7-6-14-8-11-19-12-9-14)16-5-3-4-15-10-13-21-18(15)16/h3-5,8-13,17,20H,2,6-7H2,1H3. The molecular formula is C18H20N2S. The fraction of sp³-hybridized carbons (Fsp3) is 0.278. The highest BCUT2D eigenvalue weighted by Gasteiger charge is 2.14. The molecule has 0 aliphatic heterocycles. The van der Waals surface area contributed by atoms with Crippen LogP contribution >= 0.6 is 11.3 Å². The predicted molar refractivity (Wildman–Crippen MR) is 90.8 cm³/mol. The second kappa shape index (κ2) is 6.83. The van der Waals surface area contributed by atoms with E-state index in [1.807, 2.05) is 23.7 Å². The molecule has 0 saturated heterocycles. The Morgan fingerprint density at radius 2 is 2.00 bits per heavy atom. The summed E-state index contributed by atoms with van der Waals surface area (Å²) < 4.78 is 1.41. The lowest BCUT2D eigenvalue weighted by Crippen LogP contribution is -2.21. The Morgan fingerprint density at radius 1 is 1.14 bits per heavy atom. The van der Waals surface area contributed by atoms with Gasteiger partial charge in [0.05, 0.1) is 0 Å². The average molecular weight is 296 g/mol. The minimum Gasteiger partial charge on any atom is -0.310 e. The number of hydrogen-bond donors (Lipinski definition) is 1. The minimum absolute atomic E-state index is 0.408. The number of benzene rings is 1. The number of hydrogen-bond acceptors (Lipinski definition) is 3. The van der Waals surface area contributed by atoms with Gasteiger partial charge in [-0.15, -0.1) is 11.3 Å². The molecule has 0 amide bonds. The van der Waals surface area contributed by atoms with E-state index in [-0.39, 0.29) is 0 Å². The van der Waals surface area contributed by atoms with Gasteiger partial charge in [0.2, 0.25) is 0 Å². The molecule has 2 heterocycles. The zero-order valence-corrected chi connectivity index (χ0v) is 13.1. The van der Waals surface area contributed by atoms with Crippen molar-refractivity contribution in [2.45, 2.75) is 25.8 Å². The van der Waals surface area contributed by atoms with Crippen molar-refractivity contribution in [3.05, 3.63) is 65.3 Å². The predicted octanol–water partition coefficient (Wildman–Crippen LogP) is 4.58. The number of thiophene rings is 1. The third kappa shape index (κ3) is 3.31. The fourth-order valence-electron chi connectivity index (χ4n) is 2.76. The first-order chi connectivity index (χ1) is 10.4. The fourth-order valence-corrected chi connectivity index (χ4v) is 3.73. The smallest absolute Gasteiger partial charge is 0.0390 e. The molecule has 0 aliphatic rings. The van der Waals surface area contributed by atoms with Crippen molar-refractivity contribution < 1.29 is 0 Å². The summed E-state index contributed by atoms with van der Waals surface area (Å²) in [5.41, 5.74) is 2.78. The van der Waals surface area contributed by atoms with Crippen LogP contribution in [0.1, 0.15) is 30.5 Å². The van der Waals surface area contributed by atoms with Gasteiger partial charge in [-0.1, -0.05) is 25.1 Å². The van der Waals surface area contributed by atoms with Gasteiger partial charge in [0.25, 0.3) is 0 Å². The molecule has 3 rings (SSSR count). The number of nitrogens with zero attached hydrogens (tertiary/aromatic N) is 1. The molecule has 2 nitrogen and oxygen atoms in total. The molecule has 0 bridgehead atoms. The summed E-state index contributed by atoms with van der Waals surface area (Å²) in [5.74, 6) is 0. The Labute approximate surface area is 129 Å². The molecule has 1 unspecified atom stereocenters. The second-order valence-electron chi connectivity index (χ2n) is 5.19. The summed E-state index contributed by atoms with van der Waals surface area (Å²) in [4.78, 5) is 4.09. The number of pyridine rings is 1. The minimum atomic E-state index is 0.408. The third-order valence-corrected chi connectivity index (χ3v) is 4.79. The number of aromatic nitrogens is 1. The van der Waals surface area contributed by atoms with Gasteiger partial charge in [-0.2, -0.15) is 0 Å². The molecule has 1 aromatic carbocycles. The maximum absolute atomic E-state index is 4.09. The van der Waals surface area contributed by atoms with Crippen LogP contribution in [0.3, 0.4) is 0 Å². The van der Waals surface area contributed by atoms with Crippen molar-refractivity contribution in [2.75, 3.05) is 6.54 Å². The molecule has 3 aromatic rings. The van der Waals surface area contributed by atoms with Crippen LogP contribution in [0.4, 0.5) is 0 Å². The Balaban J connectivity index is 1.82. The first kappa shape index (κ1) is 14.2. The summed E-state index contributed by atoms with van der Waals surface area (Å²) >= 11 is 1.84. The molecule has 21 heavy (non-hydrogen) atoms. The molecule has 0 radical (unpaired) electrons. The van der Waals surface area contributed by atoms with E-state index >= 15 is 0 Å². The van der Waals surface area contributed by atoms with Gasteiger partial charge in [0.1, 0.15) is 0 Å². The normalized spacial score (nSPS) is 12.6. The van der Waals surface area contributed by atoms with E-state index in [0.717, 1.165) is 19.4 Å². The number of aryl methyl sites for hydroxylation is 1. The van der Waals surface area contributed by atoms with Crippen LogP contribution in [-0.4, -0.2) is 11.5 Å². The summed E-state index contributed by atoms with van der Waals surface area (Å²) in [7, 11) is 0. The molecule has 108 valence electrons. The van der Waals surface area contributed by atoms with Gasteiger partial charge in [0, 0.05) is 23.1 Å². The van der Waals surface area contributed by atoms with Crippen molar-refractivity contribution in [3.63, 3.8) is 0 Å². The lowest BCUT2D eigenvalue weighted by molar-refractivity contribution is 0.519. The highest BCUT2D eigenvalue weighted by atomic mass is 32.1. The topological polar surface area (TPSA) is 24.9 Å². The third-order valence-electron chi connectivity index (χ3n) is 3.81. The lowest BCUT2D eigenvalue weighted by atomic mass is 9.98. The molecule has 1 N–H and O–H groups in total. The van der Waals surface area contributed by atoms with Gasteiger partial charge < -0.3 is 5.32 Å². The second-order valence-corrected chi connectivity index (χ2v) is 6.11. The Kier molecular flexibility index (Phi) is 4.63. The van der Waals surface area contributed by atoms with Crippen molar-refractivity contribution in [2.24, 2.45) is 0 Å². The molecule has 0 fully saturated rings. The summed E-state index contributed by atoms with van der Waals surface area (Å²) in [5, 5.41) is 7.17. The molecule has 0 saturated carbocycles. The summed E-state index contributed by atoms with van der Waals surface area (Å²) in [6, 6.07) is 13.4. The SMILES string of the molecule is CCNC(CCc1ccncc1)c1cccc2ccsc12. The quantitative estimate of drug-likeness (QED) is 0.720. The van der Waals surface area contributed by atoms with Crippen molar-refractivity contribution >= 4 is 21.4 Å². The van der Waals surface area contributed by atoms with Gasteiger partial charge in [-0.25, -0.2) is 0 Å². The Hall–Kier alpha value is -1.71. The monoisotopic (exact) mass is 296 g/mol. The van der Waals surface area contributed by atoms with Crippen LogP contribution in [0.25, 0.3) is 10.1 Å². The number of fused-ring (bicyclic) bond motifs is 1. The van der Waals surface area contributed by atoms with Crippen molar-refractivity contribution in [1.29, 1.82) is 0 Å². The highest BCUT2D eigenvalue weighted by molar-refractivity contribution is 7.17. The average Bonchev–Trinajstić information content (AvgIpc) is 3.01. The summed E-state index contributed by atoms with van der Waals surface area (Å²) in [6.45, 7) is 3.16. The van der Waals surface area contributed by atoms with E-state index in [0.29, 0.717) is 6.04 Å². The Bertz CT molecular complexity index is 691. The first-order valence-corrected chi connectivity index (χ1v) is 8.35. The van der Waals surface area contributed by atoms with Gasteiger partial charge >= 0.3 is 0 Å². The maximum Gasteiger partial charge on any atom is 0.0390 e.